The van der Waals surface area contributed by atoms with E-state index >= 15 is 0 Å². The van der Waals surface area contributed by atoms with Gasteiger partial charge in [-0.2, -0.15) is 0 Å². The van der Waals surface area contributed by atoms with Crippen molar-refractivity contribution in [2.24, 2.45) is 0 Å². The number of aryl methyl sites for hydroxylation is 1. The number of aromatic carboxylic acids is 1. The summed E-state index contributed by atoms with van der Waals surface area (Å²) in [5.41, 5.74) is 1.49. The van der Waals surface area contributed by atoms with E-state index < -0.39 is 18.0 Å². The molecular formula is C12H15NO4. The fourth-order valence-electron chi connectivity index (χ4n) is 1.44. The Morgan fingerprint density at radius 2 is 2.00 bits per heavy atom. The SMILES string of the molecule is CCC(Nc1cc(C(=O)O)ccc1C)C(=O)O. The van der Waals surface area contributed by atoms with Crippen LogP contribution in [0.4, 0.5) is 5.69 Å². The summed E-state index contributed by atoms with van der Waals surface area (Å²) in [6, 6.07) is 3.88. The van der Waals surface area contributed by atoms with E-state index in [-0.39, 0.29) is 5.56 Å². The van der Waals surface area contributed by atoms with E-state index in [0.29, 0.717) is 12.1 Å². The maximum Gasteiger partial charge on any atom is 0.335 e. The number of carboxylic acid groups (broad SMARTS) is 2. The van der Waals surface area contributed by atoms with Crippen molar-refractivity contribution in [1.29, 1.82) is 0 Å². The van der Waals surface area contributed by atoms with Crippen LogP contribution < -0.4 is 5.32 Å². The number of carboxylic acids is 2. The molecule has 0 aliphatic rings. The first-order valence-electron chi connectivity index (χ1n) is 5.29. The maximum absolute atomic E-state index is 10.9. The molecule has 5 nitrogen and oxygen atoms in total. The van der Waals surface area contributed by atoms with Gasteiger partial charge in [-0.05, 0) is 31.0 Å². The molecule has 1 aromatic carbocycles. The first kappa shape index (κ1) is 13.0. The van der Waals surface area contributed by atoms with Crippen LogP contribution in [0.25, 0.3) is 0 Å². The maximum atomic E-state index is 10.9. The van der Waals surface area contributed by atoms with Crippen LogP contribution in [0.3, 0.4) is 0 Å². The molecule has 0 saturated heterocycles. The Labute approximate surface area is 99.1 Å². The zero-order valence-electron chi connectivity index (χ0n) is 9.73. The standard InChI is InChI=1S/C12H15NO4/c1-3-9(12(16)17)13-10-6-8(11(14)15)5-4-7(10)2/h4-6,9,13H,3H2,1-2H3,(H,14,15)(H,16,17). The molecule has 0 bridgehead atoms. The molecular weight excluding hydrogens is 222 g/mol. The molecule has 5 heteroatoms. The molecule has 92 valence electrons. The minimum atomic E-state index is -1.03. The Morgan fingerprint density at radius 3 is 2.47 bits per heavy atom. The minimum Gasteiger partial charge on any atom is -0.480 e. The monoisotopic (exact) mass is 237 g/mol. The van der Waals surface area contributed by atoms with E-state index in [1.807, 2.05) is 0 Å². The number of hydrogen-bond acceptors (Lipinski definition) is 3. The number of benzene rings is 1. The number of aliphatic carboxylic acids is 1. The van der Waals surface area contributed by atoms with Gasteiger partial charge in [0.05, 0.1) is 5.56 Å². The molecule has 0 aromatic heterocycles. The van der Waals surface area contributed by atoms with E-state index in [1.165, 1.54) is 12.1 Å². The van der Waals surface area contributed by atoms with Crippen LogP contribution in [-0.2, 0) is 4.79 Å². The smallest absolute Gasteiger partial charge is 0.335 e. The Hall–Kier alpha value is -2.04. The Balaban J connectivity index is 3.00. The fourth-order valence-corrected chi connectivity index (χ4v) is 1.44. The first-order valence-corrected chi connectivity index (χ1v) is 5.29. The molecule has 0 radical (unpaired) electrons. The highest BCUT2D eigenvalue weighted by molar-refractivity contribution is 5.89. The van der Waals surface area contributed by atoms with E-state index in [2.05, 4.69) is 5.32 Å². The van der Waals surface area contributed by atoms with Gasteiger partial charge in [-0.15, -0.1) is 0 Å². The lowest BCUT2D eigenvalue weighted by atomic mass is 10.1. The van der Waals surface area contributed by atoms with Crippen molar-refractivity contribution < 1.29 is 19.8 Å². The van der Waals surface area contributed by atoms with Gasteiger partial charge in [0.15, 0.2) is 0 Å². The van der Waals surface area contributed by atoms with Gasteiger partial charge in [0, 0.05) is 5.69 Å². The van der Waals surface area contributed by atoms with E-state index in [4.69, 9.17) is 10.2 Å². The highest BCUT2D eigenvalue weighted by Gasteiger charge is 2.16. The summed E-state index contributed by atoms with van der Waals surface area (Å²) in [6.45, 7) is 3.55. The summed E-state index contributed by atoms with van der Waals surface area (Å²) in [7, 11) is 0. The van der Waals surface area contributed by atoms with E-state index in [0.717, 1.165) is 5.56 Å². The van der Waals surface area contributed by atoms with E-state index in [1.54, 1.807) is 19.9 Å². The molecule has 1 unspecified atom stereocenters. The van der Waals surface area contributed by atoms with Crippen LogP contribution in [0, 0.1) is 6.92 Å². The largest absolute Gasteiger partial charge is 0.480 e. The number of carbonyl (C=O) groups is 2. The lowest BCUT2D eigenvalue weighted by Gasteiger charge is -2.16. The zero-order chi connectivity index (χ0) is 13.0. The summed E-state index contributed by atoms with van der Waals surface area (Å²) in [6.07, 6.45) is 0.423. The molecule has 0 aliphatic carbocycles. The third-order valence-electron chi connectivity index (χ3n) is 2.52. The second-order valence-corrected chi connectivity index (χ2v) is 3.78. The van der Waals surface area contributed by atoms with Crippen molar-refractivity contribution in [2.45, 2.75) is 26.3 Å². The predicted molar refractivity (Wildman–Crippen MR) is 63.5 cm³/mol. The molecule has 0 spiro atoms. The quantitative estimate of drug-likeness (QED) is 0.728. The molecule has 0 fully saturated rings. The van der Waals surface area contributed by atoms with Crippen molar-refractivity contribution in [3.05, 3.63) is 29.3 Å². The third kappa shape index (κ3) is 3.21. The molecule has 0 aliphatic heterocycles. The number of hydrogen-bond donors (Lipinski definition) is 3. The first-order chi connectivity index (χ1) is 7.95. The summed E-state index contributed by atoms with van der Waals surface area (Å²) < 4.78 is 0. The van der Waals surface area contributed by atoms with Crippen molar-refractivity contribution in [2.75, 3.05) is 5.32 Å². The molecule has 17 heavy (non-hydrogen) atoms. The van der Waals surface area contributed by atoms with Gasteiger partial charge in [-0.1, -0.05) is 13.0 Å². The van der Waals surface area contributed by atoms with Crippen LogP contribution in [-0.4, -0.2) is 28.2 Å². The lowest BCUT2D eigenvalue weighted by Crippen LogP contribution is -2.28. The van der Waals surface area contributed by atoms with Crippen LogP contribution in [0.15, 0.2) is 18.2 Å². The minimum absolute atomic E-state index is 0.137. The van der Waals surface area contributed by atoms with Gasteiger partial charge >= 0.3 is 11.9 Å². The third-order valence-corrected chi connectivity index (χ3v) is 2.52. The number of anilines is 1. The Kier molecular flexibility index (Phi) is 4.09. The second-order valence-electron chi connectivity index (χ2n) is 3.78. The predicted octanol–water partition coefficient (Wildman–Crippen LogP) is 1.97. The van der Waals surface area contributed by atoms with Crippen molar-refractivity contribution >= 4 is 17.6 Å². The lowest BCUT2D eigenvalue weighted by molar-refractivity contribution is -0.137. The van der Waals surface area contributed by atoms with Gasteiger partial charge in [0.25, 0.3) is 0 Å². The van der Waals surface area contributed by atoms with Crippen molar-refractivity contribution in [1.82, 2.24) is 0 Å². The van der Waals surface area contributed by atoms with Gasteiger partial charge in [-0.3, -0.25) is 0 Å². The summed E-state index contributed by atoms with van der Waals surface area (Å²) in [5, 5.41) is 20.6. The topological polar surface area (TPSA) is 86.6 Å². The molecule has 1 aromatic rings. The molecule has 1 atom stereocenters. The van der Waals surface area contributed by atoms with Crippen LogP contribution in [0.1, 0.15) is 29.3 Å². The molecule has 3 N–H and O–H groups in total. The molecule has 0 heterocycles. The fraction of sp³-hybridized carbons (Fsp3) is 0.333. The van der Waals surface area contributed by atoms with Crippen LogP contribution >= 0.6 is 0 Å². The summed E-state index contributed by atoms with van der Waals surface area (Å²) in [4.78, 5) is 21.7. The molecule has 0 saturated carbocycles. The zero-order valence-corrected chi connectivity index (χ0v) is 9.73. The Morgan fingerprint density at radius 1 is 1.35 bits per heavy atom. The van der Waals surface area contributed by atoms with Crippen molar-refractivity contribution in [3.63, 3.8) is 0 Å². The average Bonchev–Trinajstić information content (AvgIpc) is 2.27. The Bertz CT molecular complexity index is 442. The van der Waals surface area contributed by atoms with Crippen LogP contribution in [0.5, 0.6) is 0 Å². The average molecular weight is 237 g/mol. The van der Waals surface area contributed by atoms with Gasteiger partial charge < -0.3 is 15.5 Å². The summed E-state index contributed by atoms with van der Waals surface area (Å²) >= 11 is 0. The molecule has 1 rings (SSSR count). The second kappa shape index (κ2) is 5.34. The van der Waals surface area contributed by atoms with Crippen LogP contribution in [0.2, 0.25) is 0 Å². The van der Waals surface area contributed by atoms with Gasteiger partial charge in [-0.25, -0.2) is 9.59 Å². The highest BCUT2D eigenvalue weighted by atomic mass is 16.4. The summed E-state index contributed by atoms with van der Waals surface area (Å²) in [5.74, 6) is -1.98. The normalized spacial score (nSPS) is 11.9. The van der Waals surface area contributed by atoms with E-state index in [9.17, 15) is 9.59 Å². The van der Waals surface area contributed by atoms with Gasteiger partial charge in [0.1, 0.15) is 6.04 Å². The highest BCUT2D eigenvalue weighted by Crippen LogP contribution is 2.18. The number of rotatable bonds is 5. The number of nitrogens with one attached hydrogen (secondary N) is 1. The van der Waals surface area contributed by atoms with Gasteiger partial charge in [0.2, 0.25) is 0 Å². The van der Waals surface area contributed by atoms with Crippen molar-refractivity contribution in [3.8, 4) is 0 Å². The molecule has 0 amide bonds.